The fourth-order valence-corrected chi connectivity index (χ4v) is 2.74. The first kappa shape index (κ1) is 8.42. The fourth-order valence-electron chi connectivity index (χ4n) is 2.74. The van der Waals surface area contributed by atoms with E-state index in [2.05, 4.69) is 11.1 Å². The third-order valence-electron chi connectivity index (χ3n) is 3.48. The highest BCUT2D eigenvalue weighted by Gasteiger charge is 2.46. The van der Waals surface area contributed by atoms with Gasteiger partial charge in [-0.2, -0.15) is 5.26 Å². The van der Waals surface area contributed by atoms with E-state index in [1.807, 2.05) is 12.2 Å². The van der Waals surface area contributed by atoms with Crippen LogP contribution in [-0.4, -0.2) is 15.2 Å². The van der Waals surface area contributed by atoms with Crippen LogP contribution in [0.5, 0.6) is 11.8 Å². The molecule has 0 aromatic carbocycles. The molecule has 76 valence electrons. The standard InChI is InChI=1S/C11H10N2O2/c12-5-11-3-1-6(2-4-11)7-8(11)10(15)13-9(7)14/h1,3,6,13-15H,2,4H2. The molecule has 0 radical (unpaired) electrons. The van der Waals surface area contributed by atoms with Crippen LogP contribution in [0.4, 0.5) is 0 Å². The summed E-state index contributed by atoms with van der Waals surface area (Å²) in [5.74, 6) is 0.0571. The molecule has 15 heavy (non-hydrogen) atoms. The van der Waals surface area contributed by atoms with E-state index in [0.29, 0.717) is 17.5 Å². The highest BCUT2D eigenvalue weighted by atomic mass is 16.3. The minimum Gasteiger partial charge on any atom is -0.494 e. The Morgan fingerprint density at radius 3 is 2.87 bits per heavy atom. The van der Waals surface area contributed by atoms with Gasteiger partial charge >= 0.3 is 0 Å². The first-order chi connectivity index (χ1) is 7.18. The topological polar surface area (TPSA) is 80.0 Å². The average Bonchev–Trinajstić information content (AvgIpc) is 2.59. The second kappa shape index (κ2) is 2.37. The van der Waals surface area contributed by atoms with Crippen LogP contribution < -0.4 is 0 Å². The molecule has 4 rings (SSSR count). The molecular weight excluding hydrogens is 192 g/mol. The van der Waals surface area contributed by atoms with Crippen molar-refractivity contribution in [2.45, 2.75) is 24.2 Å². The SMILES string of the molecule is N#CC12C=CC(CC1)c1c(O)[nH]c(O)c12. The Morgan fingerprint density at radius 2 is 2.27 bits per heavy atom. The Labute approximate surface area is 86.5 Å². The van der Waals surface area contributed by atoms with Crippen LogP contribution in [-0.2, 0) is 5.41 Å². The number of rotatable bonds is 0. The fraction of sp³-hybridized carbons (Fsp3) is 0.364. The van der Waals surface area contributed by atoms with Crippen molar-refractivity contribution in [1.82, 2.24) is 4.98 Å². The van der Waals surface area contributed by atoms with Crippen LogP contribution in [0.2, 0.25) is 0 Å². The lowest BCUT2D eigenvalue weighted by atomic mass is 9.64. The predicted octanol–water partition coefficient (Wildman–Crippen LogP) is 1.63. The largest absolute Gasteiger partial charge is 0.494 e. The molecule has 4 heteroatoms. The smallest absolute Gasteiger partial charge is 0.196 e. The van der Waals surface area contributed by atoms with Gasteiger partial charge in [0.15, 0.2) is 11.8 Å². The van der Waals surface area contributed by atoms with Gasteiger partial charge in [0, 0.05) is 17.0 Å². The summed E-state index contributed by atoms with van der Waals surface area (Å²) in [7, 11) is 0. The van der Waals surface area contributed by atoms with Gasteiger partial charge < -0.3 is 10.2 Å². The molecule has 2 bridgehead atoms. The van der Waals surface area contributed by atoms with E-state index in [4.69, 9.17) is 0 Å². The Morgan fingerprint density at radius 1 is 1.47 bits per heavy atom. The molecular formula is C11H10N2O2. The summed E-state index contributed by atoms with van der Waals surface area (Å²) in [6.07, 6.45) is 5.35. The van der Waals surface area contributed by atoms with Gasteiger partial charge in [0.2, 0.25) is 0 Å². The third-order valence-corrected chi connectivity index (χ3v) is 3.48. The van der Waals surface area contributed by atoms with Crippen molar-refractivity contribution in [1.29, 1.82) is 5.26 Å². The summed E-state index contributed by atoms with van der Waals surface area (Å²) in [5.41, 5.74) is 0.523. The van der Waals surface area contributed by atoms with E-state index in [1.165, 1.54) is 0 Å². The van der Waals surface area contributed by atoms with Gasteiger partial charge in [-0.3, -0.25) is 4.98 Å². The second-order valence-corrected chi connectivity index (χ2v) is 4.20. The zero-order valence-electron chi connectivity index (χ0n) is 7.99. The number of fused-ring (bicyclic) bond motifs is 1. The highest BCUT2D eigenvalue weighted by Crippen LogP contribution is 2.54. The van der Waals surface area contributed by atoms with Crippen molar-refractivity contribution in [3.8, 4) is 17.8 Å². The summed E-state index contributed by atoms with van der Waals surface area (Å²) in [5, 5.41) is 28.6. The number of nitrogens with zero attached hydrogens (tertiary/aromatic N) is 1. The van der Waals surface area contributed by atoms with E-state index in [-0.39, 0.29) is 17.7 Å². The highest BCUT2D eigenvalue weighted by molar-refractivity contribution is 5.61. The maximum Gasteiger partial charge on any atom is 0.196 e. The molecule has 1 aromatic heterocycles. The monoisotopic (exact) mass is 202 g/mol. The molecule has 0 spiro atoms. The molecule has 0 amide bonds. The Balaban J connectivity index is 2.37. The van der Waals surface area contributed by atoms with Gasteiger partial charge in [-0.15, -0.1) is 0 Å². The zero-order chi connectivity index (χ0) is 10.6. The van der Waals surface area contributed by atoms with E-state index in [1.54, 1.807) is 0 Å². The summed E-state index contributed by atoms with van der Waals surface area (Å²) in [4.78, 5) is 2.50. The normalized spacial score (nSPS) is 31.3. The second-order valence-electron chi connectivity index (χ2n) is 4.20. The minimum atomic E-state index is -0.744. The number of aromatic nitrogens is 1. The van der Waals surface area contributed by atoms with E-state index in [9.17, 15) is 15.5 Å². The number of hydrogen-bond donors (Lipinski definition) is 3. The molecule has 2 unspecified atom stereocenters. The molecule has 2 atom stereocenters. The average molecular weight is 202 g/mol. The quantitative estimate of drug-likeness (QED) is 0.559. The molecule has 0 fully saturated rings. The van der Waals surface area contributed by atoms with Crippen LogP contribution >= 0.6 is 0 Å². The molecule has 0 saturated carbocycles. The van der Waals surface area contributed by atoms with Crippen LogP contribution in [0, 0.1) is 11.3 Å². The lowest BCUT2D eigenvalue weighted by molar-refractivity contribution is 0.417. The number of hydrogen-bond acceptors (Lipinski definition) is 3. The van der Waals surface area contributed by atoms with Crippen LogP contribution in [0.1, 0.15) is 29.9 Å². The Hall–Kier alpha value is -1.89. The summed E-state index contributed by atoms with van der Waals surface area (Å²) in [6.45, 7) is 0. The van der Waals surface area contributed by atoms with Crippen molar-refractivity contribution in [2.75, 3.05) is 0 Å². The number of aromatic amines is 1. The summed E-state index contributed by atoms with van der Waals surface area (Å²) >= 11 is 0. The van der Waals surface area contributed by atoms with Gasteiger partial charge in [0.05, 0.1) is 6.07 Å². The van der Waals surface area contributed by atoms with Crippen molar-refractivity contribution in [3.05, 3.63) is 23.3 Å². The van der Waals surface area contributed by atoms with Crippen LogP contribution in [0.25, 0.3) is 0 Å². The third kappa shape index (κ3) is 0.809. The number of H-pyrrole nitrogens is 1. The van der Waals surface area contributed by atoms with E-state index < -0.39 is 5.41 Å². The molecule has 3 aliphatic carbocycles. The lowest BCUT2D eigenvalue weighted by Gasteiger charge is -2.36. The number of allylic oxidation sites excluding steroid dienone is 2. The Bertz CT molecular complexity index is 509. The van der Waals surface area contributed by atoms with Gasteiger partial charge in [0.25, 0.3) is 0 Å². The van der Waals surface area contributed by atoms with Gasteiger partial charge in [-0.05, 0) is 12.8 Å². The molecule has 3 aliphatic rings. The molecule has 3 N–H and O–H groups in total. The van der Waals surface area contributed by atoms with Gasteiger partial charge in [-0.25, -0.2) is 0 Å². The first-order valence-electron chi connectivity index (χ1n) is 4.93. The molecule has 1 heterocycles. The van der Waals surface area contributed by atoms with Crippen molar-refractivity contribution in [2.24, 2.45) is 0 Å². The zero-order valence-corrected chi connectivity index (χ0v) is 7.99. The molecule has 4 nitrogen and oxygen atoms in total. The summed E-state index contributed by atoms with van der Waals surface area (Å²) in [6, 6.07) is 2.24. The maximum atomic E-state index is 9.70. The lowest BCUT2D eigenvalue weighted by Crippen LogP contribution is -2.31. The molecule has 1 aromatic rings. The number of nitriles is 1. The number of nitrogens with one attached hydrogen (secondary N) is 1. The summed E-state index contributed by atoms with van der Waals surface area (Å²) < 4.78 is 0. The van der Waals surface area contributed by atoms with E-state index >= 15 is 0 Å². The minimum absolute atomic E-state index is 0.00354. The van der Waals surface area contributed by atoms with Crippen molar-refractivity contribution in [3.63, 3.8) is 0 Å². The number of aromatic hydroxyl groups is 2. The molecule has 0 saturated heterocycles. The van der Waals surface area contributed by atoms with Crippen LogP contribution in [0.3, 0.4) is 0 Å². The maximum absolute atomic E-state index is 9.70. The molecule has 0 aliphatic heterocycles. The first-order valence-corrected chi connectivity index (χ1v) is 4.93. The predicted molar refractivity (Wildman–Crippen MR) is 52.5 cm³/mol. The Kier molecular flexibility index (Phi) is 1.33. The van der Waals surface area contributed by atoms with Gasteiger partial charge in [-0.1, -0.05) is 12.2 Å². The van der Waals surface area contributed by atoms with Gasteiger partial charge in [0.1, 0.15) is 5.41 Å². The van der Waals surface area contributed by atoms with E-state index in [0.717, 1.165) is 6.42 Å². The van der Waals surface area contributed by atoms with Crippen LogP contribution in [0.15, 0.2) is 12.2 Å². The van der Waals surface area contributed by atoms with Crippen molar-refractivity contribution < 1.29 is 10.2 Å². The van der Waals surface area contributed by atoms with Crippen molar-refractivity contribution >= 4 is 0 Å².